The molecule has 1 atom stereocenters. The Labute approximate surface area is 182 Å². The van der Waals surface area contributed by atoms with Gasteiger partial charge in [-0.1, -0.05) is 30.1 Å². The number of hydrogen-bond acceptors (Lipinski definition) is 6. The van der Waals surface area contributed by atoms with Gasteiger partial charge in [0.2, 0.25) is 10.0 Å². The number of hydrogen-bond donors (Lipinski definition) is 2. The molecule has 156 valence electrons. The number of rotatable bonds is 5. The lowest BCUT2D eigenvalue weighted by Crippen LogP contribution is -2.21. The molecule has 1 aliphatic rings. The lowest BCUT2D eigenvalue weighted by atomic mass is 9.90. The van der Waals surface area contributed by atoms with Crippen molar-refractivity contribution in [2.24, 2.45) is 11.1 Å². The van der Waals surface area contributed by atoms with Crippen molar-refractivity contribution < 1.29 is 22.7 Å². The number of ether oxygens (including phenoxy) is 1. The van der Waals surface area contributed by atoms with Gasteiger partial charge in [0.15, 0.2) is 6.61 Å². The van der Waals surface area contributed by atoms with Crippen LogP contribution in [-0.2, 0) is 32.4 Å². The fraction of sp³-hybridized carbons (Fsp3) is 0.333. The Bertz CT molecular complexity index is 1060. The molecule has 0 fully saturated rings. The first-order valence-corrected chi connectivity index (χ1v) is 11.8. The van der Waals surface area contributed by atoms with Crippen LogP contribution in [0.2, 0.25) is 10.0 Å². The van der Waals surface area contributed by atoms with E-state index in [4.69, 9.17) is 33.1 Å². The lowest BCUT2D eigenvalue weighted by molar-refractivity contribution is -0.119. The van der Waals surface area contributed by atoms with E-state index in [0.717, 1.165) is 31.4 Å². The van der Waals surface area contributed by atoms with Crippen LogP contribution in [0.1, 0.15) is 33.5 Å². The van der Waals surface area contributed by atoms with Gasteiger partial charge in [-0.25, -0.2) is 18.4 Å². The van der Waals surface area contributed by atoms with E-state index in [1.165, 1.54) is 21.8 Å². The van der Waals surface area contributed by atoms with Gasteiger partial charge < -0.3 is 10.1 Å². The number of sulfonamides is 1. The third-order valence-electron chi connectivity index (χ3n) is 4.47. The monoisotopic (exact) mass is 476 g/mol. The van der Waals surface area contributed by atoms with Crippen LogP contribution in [0.15, 0.2) is 23.1 Å². The Morgan fingerprint density at radius 1 is 1.28 bits per heavy atom. The van der Waals surface area contributed by atoms with Gasteiger partial charge in [-0.3, -0.25) is 4.79 Å². The van der Waals surface area contributed by atoms with E-state index in [9.17, 15) is 18.0 Å². The molecule has 0 aliphatic heterocycles. The molecule has 1 heterocycles. The highest BCUT2D eigenvalue weighted by Gasteiger charge is 2.22. The van der Waals surface area contributed by atoms with Crippen LogP contribution < -0.4 is 10.5 Å². The average molecular weight is 477 g/mol. The largest absolute Gasteiger partial charge is 0.451 e. The van der Waals surface area contributed by atoms with E-state index in [0.29, 0.717) is 10.8 Å². The highest BCUT2D eigenvalue weighted by molar-refractivity contribution is 7.89. The molecule has 0 radical (unpaired) electrons. The van der Waals surface area contributed by atoms with Gasteiger partial charge >= 0.3 is 5.97 Å². The molecule has 3 rings (SSSR count). The summed E-state index contributed by atoms with van der Waals surface area (Å²) < 4.78 is 27.9. The number of carbonyl (C=O) groups excluding carboxylic acids is 2. The number of aryl methyl sites for hydroxylation is 1. The zero-order valence-corrected chi connectivity index (χ0v) is 18.5. The first-order chi connectivity index (χ1) is 13.5. The van der Waals surface area contributed by atoms with Gasteiger partial charge in [-0.15, -0.1) is 11.3 Å². The molecule has 0 unspecified atom stereocenters. The maximum absolute atomic E-state index is 12.3. The van der Waals surface area contributed by atoms with E-state index in [-0.39, 0.29) is 20.6 Å². The Hall–Kier alpha value is -1.65. The van der Waals surface area contributed by atoms with Crippen LogP contribution in [-0.4, -0.2) is 26.9 Å². The number of nitrogens with one attached hydrogen (secondary N) is 1. The zero-order chi connectivity index (χ0) is 21.3. The quantitative estimate of drug-likeness (QED) is 0.639. The van der Waals surface area contributed by atoms with E-state index < -0.39 is 28.5 Å². The first-order valence-electron chi connectivity index (χ1n) is 8.65. The predicted octanol–water partition coefficient (Wildman–Crippen LogP) is 3.62. The molecule has 1 aliphatic carbocycles. The molecular weight excluding hydrogens is 459 g/mol. The van der Waals surface area contributed by atoms with Crippen LogP contribution in [0.25, 0.3) is 0 Å². The normalized spacial score (nSPS) is 16.2. The highest BCUT2D eigenvalue weighted by atomic mass is 35.5. The Balaban J connectivity index is 1.62. The average Bonchev–Trinajstić information content (AvgIpc) is 3.05. The van der Waals surface area contributed by atoms with Crippen LogP contribution in [0.5, 0.6) is 0 Å². The van der Waals surface area contributed by atoms with Crippen LogP contribution in [0, 0.1) is 5.92 Å². The summed E-state index contributed by atoms with van der Waals surface area (Å²) in [5.41, 5.74) is 1.17. The molecule has 2 aromatic rings. The standard InChI is InChI=1S/C18H18Cl2N2O5S2/c1-9-2-3-14-10(4-9)5-15(28-14)18(24)27-8-16(23)22-17-12(19)6-11(7-13(17)20)29(21,25)26/h5-7,9H,2-4,8H2,1H3,(H,22,23)(H2,21,25,26)/t9-/m0/s1. The number of primary sulfonamides is 1. The molecule has 0 spiro atoms. The van der Waals surface area contributed by atoms with Crippen LogP contribution in [0.3, 0.4) is 0 Å². The van der Waals surface area contributed by atoms with Crippen molar-refractivity contribution >= 4 is 62.1 Å². The van der Waals surface area contributed by atoms with Gasteiger partial charge in [0.25, 0.3) is 5.91 Å². The van der Waals surface area contributed by atoms with E-state index in [1.54, 1.807) is 0 Å². The van der Waals surface area contributed by atoms with Crippen molar-refractivity contribution in [3.8, 4) is 0 Å². The number of fused-ring (bicyclic) bond motifs is 1. The molecule has 1 amide bonds. The molecule has 3 N–H and O–H groups in total. The van der Waals surface area contributed by atoms with Crippen molar-refractivity contribution in [3.05, 3.63) is 43.6 Å². The molecule has 0 saturated carbocycles. The smallest absolute Gasteiger partial charge is 0.348 e. The van der Waals surface area contributed by atoms with Crippen molar-refractivity contribution in [2.45, 2.75) is 31.1 Å². The third kappa shape index (κ3) is 5.29. The Morgan fingerprint density at radius 2 is 1.93 bits per heavy atom. The maximum Gasteiger partial charge on any atom is 0.348 e. The maximum atomic E-state index is 12.3. The number of amides is 1. The SMILES string of the molecule is C[C@H]1CCc2sc(C(=O)OCC(=O)Nc3c(Cl)cc(S(N)(=O)=O)cc3Cl)cc2C1. The zero-order valence-electron chi connectivity index (χ0n) is 15.3. The second-order valence-corrected chi connectivity index (χ2v) is 10.4. The fourth-order valence-electron chi connectivity index (χ4n) is 3.02. The second-order valence-electron chi connectivity index (χ2n) is 6.84. The summed E-state index contributed by atoms with van der Waals surface area (Å²) in [6.07, 6.45) is 2.97. The van der Waals surface area contributed by atoms with Crippen LogP contribution >= 0.6 is 34.5 Å². The minimum atomic E-state index is -4.00. The molecule has 0 saturated heterocycles. The molecule has 7 nitrogen and oxygen atoms in total. The summed E-state index contributed by atoms with van der Waals surface area (Å²) in [7, 11) is -4.00. The van der Waals surface area contributed by atoms with Crippen LogP contribution in [0.4, 0.5) is 5.69 Å². The summed E-state index contributed by atoms with van der Waals surface area (Å²) >= 11 is 13.4. The summed E-state index contributed by atoms with van der Waals surface area (Å²) in [4.78, 5) is 25.8. The van der Waals surface area contributed by atoms with Gasteiger partial charge in [-0.2, -0.15) is 0 Å². The number of nitrogens with two attached hydrogens (primary N) is 1. The summed E-state index contributed by atoms with van der Waals surface area (Å²) in [6, 6.07) is 3.97. The van der Waals surface area contributed by atoms with E-state index in [2.05, 4.69) is 12.2 Å². The Kier molecular flexibility index (Phi) is 6.54. The highest BCUT2D eigenvalue weighted by Crippen LogP contribution is 2.34. The number of carbonyl (C=O) groups is 2. The van der Waals surface area contributed by atoms with Gasteiger partial charge in [0.1, 0.15) is 4.88 Å². The number of thiophene rings is 1. The lowest BCUT2D eigenvalue weighted by Gasteiger charge is -2.16. The van der Waals surface area contributed by atoms with Gasteiger partial charge in [0, 0.05) is 4.88 Å². The van der Waals surface area contributed by atoms with E-state index >= 15 is 0 Å². The topological polar surface area (TPSA) is 116 Å². The minimum absolute atomic E-state index is 0.00218. The summed E-state index contributed by atoms with van der Waals surface area (Å²) in [5, 5.41) is 7.22. The minimum Gasteiger partial charge on any atom is -0.451 e. The van der Waals surface area contributed by atoms with Crippen molar-refractivity contribution in [1.29, 1.82) is 0 Å². The van der Waals surface area contributed by atoms with E-state index in [1.807, 2.05) is 6.07 Å². The molecular formula is C18H18Cl2N2O5S2. The molecule has 1 aromatic heterocycles. The predicted molar refractivity (Wildman–Crippen MR) is 112 cm³/mol. The molecule has 11 heteroatoms. The third-order valence-corrected chi connectivity index (χ3v) is 7.18. The van der Waals surface area contributed by atoms with Gasteiger partial charge in [-0.05, 0) is 48.9 Å². The molecule has 0 bridgehead atoms. The van der Waals surface area contributed by atoms with Crippen molar-refractivity contribution in [3.63, 3.8) is 0 Å². The Morgan fingerprint density at radius 3 is 2.55 bits per heavy atom. The number of benzene rings is 1. The number of esters is 1. The van der Waals surface area contributed by atoms with Crippen molar-refractivity contribution in [1.82, 2.24) is 0 Å². The number of halogens is 2. The fourth-order valence-corrected chi connectivity index (χ4v) is 5.40. The number of anilines is 1. The van der Waals surface area contributed by atoms with Gasteiger partial charge in [0.05, 0.1) is 20.6 Å². The molecule has 29 heavy (non-hydrogen) atoms. The summed E-state index contributed by atoms with van der Waals surface area (Å²) in [6.45, 7) is 1.64. The second kappa shape index (κ2) is 8.61. The summed E-state index contributed by atoms with van der Waals surface area (Å²) in [5.74, 6) is -0.656. The van der Waals surface area contributed by atoms with Crippen molar-refractivity contribution in [2.75, 3.05) is 11.9 Å². The molecule has 1 aromatic carbocycles. The first kappa shape index (κ1) is 22.0.